The summed E-state index contributed by atoms with van der Waals surface area (Å²) in [4.78, 5) is 41.6. The van der Waals surface area contributed by atoms with Crippen LogP contribution in [0.5, 0.6) is 0 Å². The van der Waals surface area contributed by atoms with Crippen LogP contribution in [0.25, 0.3) is 0 Å². The van der Waals surface area contributed by atoms with Gasteiger partial charge in [-0.25, -0.2) is 18.4 Å². The molecule has 4 heterocycles. The predicted molar refractivity (Wildman–Crippen MR) is 180 cm³/mol. The van der Waals surface area contributed by atoms with Crippen LogP contribution in [0.3, 0.4) is 0 Å². The average molecular weight is 697 g/mol. The molecule has 3 aliphatic heterocycles. The number of halogens is 3. The lowest BCUT2D eigenvalue weighted by Crippen LogP contribution is -2.46. The minimum Gasteiger partial charge on any atom is -0.338 e. The molecule has 3 saturated heterocycles. The van der Waals surface area contributed by atoms with Gasteiger partial charge in [0.15, 0.2) is 9.84 Å². The average Bonchev–Trinajstić information content (AvgIpc) is 3.56. The standard InChI is InChI=1S/C32H37N5O4S.3ClH/c1-42(40,41)28-9-7-24(8-10-28)19-36-16-13-32(31(36)39)11-14-35(15-12-32)20-27-21-37(30(38)26-17-33-23-34-18-26)22-29(27)25-5-3-2-4-6-25;;;/h2-10,17-18,23,27,29H,11-16,19-22H2,1H3;3*1H. The van der Waals surface area contributed by atoms with E-state index in [1.165, 1.54) is 18.1 Å². The molecule has 0 N–H and O–H groups in total. The fraction of sp³-hybridized carbons (Fsp3) is 0.438. The summed E-state index contributed by atoms with van der Waals surface area (Å²) in [5, 5.41) is 0. The third-order valence-electron chi connectivity index (χ3n) is 9.40. The van der Waals surface area contributed by atoms with Crippen LogP contribution >= 0.6 is 37.2 Å². The van der Waals surface area contributed by atoms with Crippen LogP contribution in [0, 0.1) is 11.3 Å². The number of piperidine rings is 1. The van der Waals surface area contributed by atoms with Gasteiger partial charge in [0.1, 0.15) is 6.33 Å². The maximum Gasteiger partial charge on any atom is 0.257 e. The fourth-order valence-corrected chi connectivity index (χ4v) is 7.59. The zero-order valence-electron chi connectivity index (χ0n) is 25.2. The second-order valence-corrected chi connectivity index (χ2v) is 14.1. The van der Waals surface area contributed by atoms with E-state index in [-0.39, 0.29) is 60.4 Å². The van der Waals surface area contributed by atoms with Gasteiger partial charge in [-0.2, -0.15) is 0 Å². The van der Waals surface area contributed by atoms with Crippen molar-refractivity contribution in [3.8, 4) is 0 Å². The van der Waals surface area contributed by atoms with Gasteiger partial charge in [0, 0.05) is 57.3 Å². The lowest BCUT2D eigenvalue weighted by atomic mass is 9.76. The highest BCUT2D eigenvalue weighted by Crippen LogP contribution is 2.43. The Morgan fingerprint density at radius 2 is 1.51 bits per heavy atom. The number of sulfone groups is 1. The van der Waals surface area contributed by atoms with E-state index in [1.807, 2.05) is 15.9 Å². The summed E-state index contributed by atoms with van der Waals surface area (Å²) < 4.78 is 23.6. The molecule has 244 valence electrons. The van der Waals surface area contributed by atoms with E-state index in [2.05, 4.69) is 39.1 Å². The van der Waals surface area contributed by atoms with Crippen molar-refractivity contribution >= 4 is 58.9 Å². The largest absolute Gasteiger partial charge is 0.338 e. The Morgan fingerprint density at radius 3 is 2.13 bits per heavy atom. The fourth-order valence-electron chi connectivity index (χ4n) is 6.96. The number of carbonyl (C=O) groups excluding carboxylic acids is 2. The highest BCUT2D eigenvalue weighted by atomic mass is 35.5. The molecule has 0 aliphatic carbocycles. The molecule has 9 nitrogen and oxygen atoms in total. The number of benzene rings is 2. The van der Waals surface area contributed by atoms with Crippen LogP contribution < -0.4 is 0 Å². The molecule has 0 saturated carbocycles. The van der Waals surface area contributed by atoms with Gasteiger partial charge in [0.25, 0.3) is 5.91 Å². The van der Waals surface area contributed by atoms with Crippen LogP contribution in [0.1, 0.15) is 46.7 Å². The molecular weight excluding hydrogens is 657 g/mol. The van der Waals surface area contributed by atoms with Crippen LogP contribution in [-0.4, -0.2) is 90.4 Å². The second kappa shape index (κ2) is 15.2. The van der Waals surface area contributed by atoms with E-state index in [0.717, 1.165) is 51.0 Å². The van der Waals surface area contributed by atoms with E-state index in [4.69, 9.17) is 0 Å². The van der Waals surface area contributed by atoms with Crippen LogP contribution in [0.2, 0.25) is 0 Å². The van der Waals surface area contributed by atoms with Gasteiger partial charge in [-0.05, 0) is 61.5 Å². The third-order valence-corrected chi connectivity index (χ3v) is 10.5. The lowest BCUT2D eigenvalue weighted by Gasteiger charge is -2.39. The number of hydrogen-bond donors (Lipinski definition) is 0. The van der Waals surface area contributed by atoms with Crippen molar-refractivity contribution in [1.82, 2.24) is 24.7 Å². The Labute approximate surface area is 283 Å². The van der Waals surface area contributed by atoms with Gasteiger partial charge < -0.3 is 14.7 Å². The number of amides is 2. The first-order chi connectivity index (χ1) is 20.2. The molecule has 0 bridgehead atoms. The Bertz CT molecular complexity index is 1540. The lowest BCUT2D eigenvalue weighted by molar-refractivity contribution is -0.139. The highest BCUT2D eigenvalue weighted by Gasteiger charge is 2.48. The molecule has 2 amide bonds. The molecule has 2 unspecified atom stereocenters. The Kier molecular flexibility index (Phi) is 12.4. The van der Waals surface area contributed by atoms with Gasteiger partial charge in [-0.1, -0.05) is 42.5 Å². The van der Waals surface area contributed by atoms with Crippen molar-refractivity contribution < 1.29 is 18.0 Å². The minimum atomic E-state index is -3.24. The van der Waals surface area contributed by atoms with Gasteiger partial charge in [-0.3, -0.25) is 9.59 Å². The van der Waals surface area contributed by atoms with Crippen molar-refractivity contribution in [2.24, 2.45) is 11.3 Å². The minimum absolute atomic E-state index is 0. The van der Waals surface area contributed by atoms with Crippen LogP contribution in [-0.2, 0) is 21.2 Å². The molecule has 2 aromatic carbocycles. The number of carbonyl (C=O) groups is 2. The first-order valence-electron chi connectivity index (χ1n) is 14.6. The quantitative estimate of drug-likeness (QED) is 0.358. The van der Waals surface area contributed by atoms with E-state index in [1.54, 1.807) is 36.7 Å². The van der Waals surface area contributed by atoms with Crippen LogP contribution in [0.15, 0.2) is 78.2 Å². The summed E-state index contributed by atoms with van der Waals surface area (Å²) in [5.41, 5.74) is 2.40. The molecule has 0 radical (unpaired) electrons. The first-order valence-corrected chi connectivity index (χ1v) is 16.5. The van der Waals surface area contributed by atoms with Crippen molar-refractivity contribution in [3.63, 3.8) is 0 Å². The molecular formula is C32H40Cl3N5O4S. The second-order valence-electron chi connectivity index (χ2n) is 12.1. The van der Waals surface area contributed by atoms with Crippen molar-refractivity contribution in [1.29, 1.82) is 0 Å². The number of nitrogens with zero attached hydrogens (tertiary/aromatic N) is 5. The smallest absolute Gasteiger partial charge is 0.257 e. The highest BCUT2D eigenvalue weighted by molar-refractivity contribution is 7.90. The summed E-state index contributed by atoms with van der Waals surface area (Å²) in [7, 11) is -3.24. The van der Waals surface area contributed by atoms with E-state index >= 15 is 0 Å². The molecule has 3 aromatic rings. The monoisotopic (exact) mass is 695 g/mol. The predicted octanol–water partition coefficient (Wildman–Crippen LogP) is 4.52. The molecule has 1 aromatic heterocycles. The molecule has 2 atom stereocenters. The maximum atomic E-state index is 13.6. The van der Waals surface area contributed by atoms with E-state index in [0.29, 0.717) is 36.0 Å². The summed E-state index contributed by atoms with van der Waals surface area (Å²) in [5.74, 6) is 0.729. The topological polar surface area (TPSA) is 104 Å². The number of rotatable bonds is 7. The third kappa shape index (κ3) is 7.97. The van der Waals surface area contributed by atoms with Crippen LogP contribution in [0.4, 0.5) is 0 Å². The summed E-state index contributed by atoms with van der Waals surface area (Å²) in [6, 6.07) is 17.3. The van der Waals surface area contributed by atoms with Crippen molar-refractivity contribution in [3.05, 3.63) is 90.0 Å². The van der Waals surface area contributed by atoms with Gasteiger partial charge >= 0.3 is 0 Å². The summed E-state index contributed by atoms with van der Waals surface area (Å²) in [6.07, 6.45) is 8.33. The van der Waals surface area contributed by atoms with Gasteiger partial charge in [0.2, 0.25) is 5.91 Å². The van der Waals surface area contributed by atoms with Crippen molar-refractivity contribution in [2.45, 2.75) is 36.6 Å². The Morgan fingerprint density at radius 1 is 0.889 bits per heavy atom. The molecule has 3 fully saturated rings. The molecule has 3 aliphatic rings. The van der Waals surface area contributed by atoms with Gasteiger partial charge in [0.05, 0.1) is 15.9 Å². The normalized spacial score (nSPS) is 21.1. The molecule has 1 spiro atoms. The molecule has 13 heteroatoms. The number of hydrogen-bond acceptors (Lipinski definition) is 7. The van der Waals surface area contributed by atoms with Crippen molar-refractivity contribution in [2.75, 3.05) is 45.5 Å². The zero-order valence-corrected chi connectivity index (χ0v) is 28.4. The Hall–Kier alpha value is -2.76. The Balaban J connectivity index is 0.00000184. The SMILES string of the molecule is CS(=O)(=O)c1ccc(CN2CCC3(CCN(CC4CN(C(=O)c5cncnc5)CC4c4ccccc4)CC3)C2=O)cc1.Cl.Cl.Cl. The number of likely N-dealkylation sites (tertiary alicyclic amines) is 3. The molecule has 6 rings (SSSR count). The van der Waals surface area contributed by atoms with E-state index in [9.17, 15) is 18.0 Å². The zero-order chi connectivity index (χ0) is 29.3. The molecule has 45 heavy (non-hydrogen) atoms. The summed E-state index contributed by atoms with van der Waals surface area (Å²) in [6.45, 7) is 5.19. The summed E-state index contributed by atoms with van der Waals surface area (Å²) >= 11 is 0. The number of aromatic nitrogens is 2. The van der Waals surface area contributed by atoms with Gasteiger partial charge in [-0.15, -0.1) is 37.2 Å². The van der Waals surface area contributed by atoms with E-state index < -0.39 is 9.84 Å². The first kappa shape index (κ1) is 36.7. The maximum absolute atomic E-state index is 13.6.